The zero-order chi connectivity index (χ0) is 13.3. The van der Waals surface area contributed by atoms with Crippen LogP contribution in [0.15, 0.2) is 0 Å². The largest absolute Gasteiger partial charge is 0.299 e. The summed E-state index contributed by atoms with van der Waals surface area (Å²) in [7, 11) is 0. The van der Waals surface area contributed by atoms with Crippen LogP contribution in [-0.2, 0) is 4.79 Å². The van der Waals surface area contributed by atoms with Gasteiger partial charge in [0, 0.05) is 23.9 Å². The molecule has 0 aliphatic carbocycles. The van der Waals surface area contributed by atoms with Crippen LogP contribution in [0, 0.1) is 17.3 Å². The van der Waals surface area contributed by atoms with Crippen molar-refractivity contribution in [2.75, 3.05) is 13.1 Å². The van der Waals surface area contributed by atoms with Crippen molar-refractivity contribution in [2.45, 2.75) is 65.8 Å². The molecule has 2 heteroatoms. The number of rotatable bonds is 2. The van der Waals surface area contributed by atoms with Crippen LogP contribution in [0.2, 0.25) is 0 Å². The van der Waals surface area contributed by atoms with Gasteiger partial charge in [-0.3, -0.25) is 9.69 Å². The highest BCUT2D eigenvalue weighted by molar-refractivity contribution is 5.86. The van der Waals surface area contributed by atoms with Gasteiger partial charge < -0.3 is 0 Å². The SMILES string of the molecule is CCC1CC(C(=O)C(C)(C)C)C2CCCCN2C1. The predicted molar refractivity (Wildman–Crippen MR) is 75.6 cm³/mol. The summed E-state index contributed by atoms with van der Waals surface area (Å²) in [4.78, 5) is 15.3. The molecule has 0 bridgehead atoms. The van der Waals surface area contributed by atoms with Gasteiger partial charge in [0.1, 0.15) is 5.78 Å². The van der Waals surface area contributed by atoms with Gasteiger partial charge in [0.05, 0.1) is 0 Å². The molecule has 2 rings (SSSR count). The van der Waals surface area contributed by atoms with E-state index >= 15 is 0 Å². The van der Waals surface area contributed by atoms with Gasteiger partial charge in [0.2, 0.25) is 0 Å². The number of fused-ring (bicyclic) bond motifs is 1. The van der Waals surface area contributed by atoms with Crippen molar-refractivity contribution in [3.05, 3.63) is 0 Å². The fraction of sp³-hybridized carbons (Fsp3) is 0.938. The molecule has 2 aliphatic rings. The van der Waals surface area contributed by atoms with Crippen molar-refractivity contribution in [2.24, 2.45) is 17.3 Å². The predicted octanol–water partition coefficient (Wildman–Crippen LogP) is 3.50. The van der Waals surface area contributed by atoms with Crippen molar-refractivity contribution < 1.29 is 4.79 Å². The van der Waals surface area contributed by atoms with Gasteiger partial charge >= 0.3 is 0 Å². The van der Waals surface area contributed by atoms with Crippen LogP contribution in [0.5, 0.6) is 0 Å². The highest BCUT2D eigenvalue weighted by Gasteiger charge is 2.42. The lowest BCUT2D eigenvalue weighted by atomic mass is 9.70. The Hall–Kier alpha value is -0.370. The van der Waals surface area contributed by atoms with E-state index in [2.05, 4.69) is 32.6 Å². The summed E-state index contributed by atoms with van der Waals surface area (Å²) < 4.78 is 0. The molecule has 0 radical (unpaired) electrons. The van der Waals surface area contributed by atoms with Crippen molar-refractivity contribution in [3.8, 4) is 0 Å². The van der Waals surface area contributed by atoms with E-state index in [0.717, 1.165) is 12.3 Å². The summed E-state index contributed by atoms with van der Waals surface area (Å²) in [6.07, 6.45) is 6.23. The maximum Gasteiger partial charge on any atom is 0.142 e. The summed E-state index contributed by atoms with van der Waals surface area (Å²) in [5, 5.41) is 0. The van der Waals surface area contributed by atoms with Gasteiger partial charge in [-0.2, -0.15) is 0 Å². The minimum atomic E-state index is -0.177. The van der Waals surface area contributed by atoms with E-state index in [0.29, 0.717) is 17.7 Å². The molecule has 2 heterocycles. The number of Topliss-reactive ketones (excluding diaryl/α,β-unsaturated/α-hetero) is 1. The second-order valence-corrected chi connectivity index (χ2v) is 7.29. The lowest BCUT2D eigenvalue weighted by molar-refractivity contribution is -0.136. The van der Waals surface area contributed by atoms with E-state index in [4.69, 9.17) is 0 Å². The van der Waals surface area contributed by atoms with Crippen LogP contribution in [0.25, 0.3) is 0 Å². The van der Waals surface area contributed by atoms with Gasteiger partial charge in [0.25, 0.3) is 0 Å². The molecule has 3 atom stereocenters. The number of nitrogens with zero attached hydrogens (tertiary/aromatic N) is 1. The molecule has 0 aromatic rings. The summed E-state index contributed by atoms with van der Waals surface area (Å²) in [6.45, 7) is 11.0. The maximum absolute atomic E-state index is 12.7. The van der Waals surface area contributed by atoms with E-state index in [1.54, 1.807) is 0 Å². The van der Waals surface area contributed by atoms with E-state index in [1.165, 1.54) is 38.8 Å². The molecule has 3 unspecified atom stereocenters. The highest BCUT2D eigenvalue weighted by Crippen LogP contribution is 2.38. The summed E-state index contributed by atoms with van der Waals surface area (Å²) >= 11 is 0. The second kappa shape index (κ2) is 5.32. The Morgan fingerprint density at radius 2 is 2.00 bits per heavy atom. The average molecular weight is 251 g/mol. The molecule has 0 saturated carbocycles. The molecular formula is C16H29NO. The van der Waals surface area contributed by atoms with Crippen LogP contribution in [0.1, 0.15) is 59.8 Å². The van der Waals surface area contributed by atoms with Crippen LogP contribution in [0.3, 0.4) is 0 Å². The van der Waals surface area contributed by atoms with Crippen molar-refractivity contribution in [1.82, 2.24) is 4.90 Å². The molecule has 2 aliphatic heterocycles. The van der Waals surface area contributed by atoms with E-state index in [-0.39, 0.29) is 5.41 Å². The van der Waals surface area contributed by atoms with Crippen LogP contribution in [-0.4, -0.2) is 29.8 Å². The second-order valence-electron chi connectivity index (χ2n) is 7.29. The minimum Gasteiger partial charge on any atom is -0.299 e. The standard InChI is InChI=1S/C16H29NO/c1-5-12-10-13(15(18)16(2,3)4)14-8-6-7-9-17(14)11-12/h12-14H,5-11H2,1-4H3. The Labute approximate surface area is 112 Å². The molecule has 2 fully saturated rings. The third kappa shape index (κ3) is 2.79. The summed E-state index contributed by atoms with van der Waals surface area (Å²) in [6, 6.07) is 0.549. The van der Waals surface area contributed by atoms with Gasteiger partial charge in [-0.1, -0.05) is 40.5 Å². The lowest BCUT2D eigenvalue weighted by Gasteiger charge is -2.48. The third-order valence-electron chi connectivity index (χ3n) is 4.86. The van der Waals surface area contributed by atoms with E-state index < -0.39 is 0 Å². The number of ketones is 1. The van der Waals surface area contributed by atoms with Gasteiger partial charge in [-0.05, 0) is 31.7 Å². The molecule has 104 valence electrons. The van der Waals surface area contributed by atoms with Gasteiger partial charge in [0.15, 0.2) is 0 Å². The first kappa shape index (κ1) is 14.0. The maximum atomic E-state index is 12.7. The molecule has 2 nitrogen and oxygen atoms in total. The summed E-state index contributed by atoms with van der Waals surface area (Å²) in [5.41, 5.74) is -0.177. The molecule has 0 amide bonds. The number of hydrogen-bond donors (Lipinski definition) is 0. The van der Waals surface area contributed by atoms with Crippen LogP contribution in [0.4, 0.5) is 0 Å². The van der Waals surface area contributed by atoms with Crippen LogP contribution >= 0.6 is 0 Å². The Kier molecular flexibility index (Phi) is 4.15. The fourth-order valence-electron chi connectivity index (χ4n) is 3.76. The lowest BCUT2D eigenvalue weighted by Crippen LogP contribution is -2.54. The topological polar surface area (TPSA) is 20.3 Å². The Balaban J connectivity index is 2.17. The average Bonchev–Trinajstić information content (AvgIpc) is 2.35. The van der Waals surface area contributed by atoms with E-state index in [9.17, 15) is 4.79 Å². The molecule has 2 saturated heterocycles. The first-order valence-corrected chi connectivity index (χ1v) is 7.72. The van der Waals surface area contributed by atoms with Crippen molar-refractivity contribution in [3.63, 3.8) is 0 Å². The fourth-order valence-corrected chi connectivity index (χ4v) is 3.76. The Morgan fingerprint density at radius 3 is 2.61 bits per heavy atom. The number of piperidine rings is 2. The molecule has 0 spiro atoms. The third-order valence-corrected chi connectivity index (χ3v) is 4.86. The molecule has 18 heavy (non-hydrogen) atoms. The van der Waals surface area contributed by atoms with Crippen molar-refractivity contribution >= 4 is 5.78 Å². The first-order valence-electron chi connectivity index (χ1n) is 7.72. The quantitative estimate of drug-likeness (QED) is 0.748. The zero-order valence-corrected chi connectivity index (χ0v) is 12.5. The molecule has 0 N–H and O–H groups in total. The molecule has 0 aromatic carbocycles. The minimum absolute atomic E-state index is 0.177. The number of carbonyl (C=O) groups is 1. The number of hydrogen-bond acceptors (Lipinski definition) is 2. The highest BCUT2D eigenvalue weighted by atomic mass is 16.1. The van der Waals surface area contributed by atoms with Gasteiger partial charge in [-0.15, -0.1) is 0 Å². The smallest absolute Gasteiger partial charge is 0.142 e. The van der Waals surface area contributed by atoms with Crippen molar-refractivity contribution in [1.29, 1.82) is 0 Å². The number of carbonyl (C=O) groups excluding carboxylic acids is 1. The Morgan fingerprint density at radius 1 is 1.28 bits per heavy atom. The molecule has 0 aromatic heterocycles. The normalized spacial score (nSPS) is 34.1. The van der Waals surface area contributed by atoms with Gasteiger partial charge in [-0.25, -0.2) is 0 Å². The monoisotopic (exact) mass is 251 g/mol. The van der Waals surface area contributed by atoms with Crippen LogP contribution < -0.4 is 0 Å². The van der Waals surface area contributed by atoms with E-state index in [1.807, 2.05) is 0 Å². The zero-order valence-electron chi connectivity index (χ0n) is 12.5. The summed E-state index contributed by atoms with van der Waals surface area (Å²) in [5.74, 6) is 1.53. The molecular weight excluding hydrogens is 222 g/mol. The Bertz CT molecular complexity index is 305. The first-order chi connectivity index (χ1) is 8.43.